The minimum atomic E-state index is -0.268. The van der Waals surface area contributed by atoms with Gasteiger partial charge in [-0.2, -0.15) is 0 Å². The van der Waals surface area contributed by atoms with Crippen molar-refractivity contribution in [3.05, 3.63) is 48.0 Å². The molecule has 0 bridgehead atoms. The Balaban J connectivity index is 0.00000225. The number of benzene rings is 2. The van der Waals surface area contributed by atoms with Crippen LogP contribution in [0.1, 0.15) is 30.1 Å². The predicted molar refractivity (Wildman–Crippen MR) is 93.3 cm³/mol. The van der Waals surface area contributed by atoms with Crippen LogP contribution in [0.4, 0.5) is 0 Å². The number of hydrogen-bond donors (Lipinski definition) is 2. The molecule has 1 fully saturated rings. The van der Waals surface area contributed by atoms with E-state index in [1.807, 2.05) is 24.3 Å². The number of nitrogens with one attached hydrogen (secondary N) is 2. The molecule has 2 aromatic rings. The van der Waals surface area contributed by atoms with Gasteiger partial charge in [0.25, 0.3) is 0 Å². The maximum Gasteiger partial charge on any atom is 1.00 e. The third kappa shape index (κ3) is 4.75. The van der Waals surface area contributed by atoms with Gasteiger partial charge in [0.15, 0.2) is 0 Å². The van der Waals surface area contributed by atoms with E-state index in [0.717, 1.165) is 23.6 Å². The van der Waals surface area contributed by atoms with Crippen molar-refractivity contribution in [2.75, 3.05) is 13.1 Å². The molecule has 1 aliphatic rings. The second kappa shape index (κ2) is 9.34. The number of carbonyl (C=O) groups is 2. The first-order valence-corrected chi connectivity index (χ1v) is 8.10. The first kappa shape index (κ1) is 20.7. The zero-order valence-corrected chi connectivity index (χ0v) is 20.9. The Bertz CT molecular complexity index is 801. The first-order valence-electron chi connectivity index (χ1n) is 8.10. The Morgan fingerprint density at radius 2 is 2.12 bits per heavy atom. The summed E-state index contributed by atoms with van der Waals surface area (Å²) in [6.45, 7) is 2.33. The third-order valence-corrected chi connectivity index (χ3v) is 4.42. The van der Waals surface area contributed by atoms with Crippen molar-refractivity contribution in [2.24, 2.45) is 0 Å². The summed E-state index contributed by atoms with van der Waals surface area (Å²) >= 11 is 0. The zero-order valence-electron chi connectivity index (χ0n) is 14.6. The van der Waals surface area contributed by atoms with Crippen molar-refractivity contribution in [1.82, 2.24) is 10.2 Å². The quantitative estimate of drug-likeness (QED) is 0.478. The van der Waals surface area contributed by atoms with Crippen LogP contribution in [-0.4, -0.2) is 41.6 Å². The Labute approximate surface area is 206 Å². The molecule has 2 aromatic carbocycles. The minimum absolute atomic E-state index is 0. The minimum Gasteiger partial charge on any atom is -0.344 e. The molecule has 0 aliphatic carbocycles. The van der Waals surface area contributed by atoms with Crippen LogP contribution in [0, 0.1) is 11.5 Å². The van der Waals surface area contributed by atoms with E-state index in [-0.39, 0.29) is 93.3 Å². The van der Waals surface area contributed by atoms with Crippen molar-refractivity contribution in [2.45, 2.75) is 25.8 Å². The number of fused-ring (bicyclic) bond motifs is 1. The fraction of sp³-hybridized carbons (Fsp3) is 0.316. The topological polar surface area (TPSA) is 73.3 Å². The SMILES string of the molecule is CC(=N)[C@@H]1CCCN1C(=O)CNC(=O)c1cccc2[c-]cccc12.[Cs+]. The van der Waals surface area contributed by atoms with E-state index in [2.05, 4.69) is 11.4 Å². The zero-order chi connectivity index (χ0) is 17.1. The van der Waals surface area contributed by atoms with Crippen molar-refractivity contribution in [1.29, 1.82) is 5.41 Å². The largest absolute Gasteiger partial charge is 1.00 e. The first-order chi connectivity index (χ1) is 11.6. The maximum atomic E-state index is 12.5. The van der Waals surface area contributed by atoms with Crippen LogP contribution in [0.3, 0.4) is 0 Å². The van der Waals surface area contributed by atoms with Crippen LogP contribution >= 0.6 is 0 Å². The van der Waals surface area contributed by atoms with Gasteiger partial charge in [-0.05, 0) is 19.8 Å². The molecule has 0 saturated carbocycles. The summed E-state index contributed by atoms with van der Waals surface area (Å²) in [4.78, 5) is 26.5. The van der Waals surface area contributed by atoms with E-state index in [1.165, 1.54) is 0 Å². The number of rotatable bonds is 4. The summed E-state index contributed by atoms with van der Waals surface area (Å²) in [5.74, 6) is -0.403. The molecule has 0 spiro atoms. The summed E-state index contributed by atoms with van der Waals surface area (Å²) in [6, 6.07) is 13.9. The Morgan fingerprint density at radius 1 is 1.32 bits per heavy atom. The number of nitrogens with zero attached hydrogens (tertiary/aromatic N) is 1. The predicted octanol–water partition coefficient (Wildman–Crippen LogP) is -0.596. The van der Waals surface area contributed by atoms with Gasteiger partial charge in [-0.1, -0.05) is 11.5 Å². The fourth-order valence-corrected chi connectivity index (χ4v) is 3.22. The average Bonchev–Trinajstić information content (AvgIpc) is 3.09. The molecule has 0 radical (unpaired) electrons. The number of likely N-dealkylation sites (tertiary alicyclic amines) is 1. The number of hydrogen-bond acceptors (Lipinski definition) is 3. The average molecular weight is 455 g/mol. The van der Waals surface area contributed by atoms with Gasteiger partial charge in [-0.15, -0.1) is 41.8 Å². The normalized spacial score (nSPS) is 16.4. The second-order valence-electron chi connectivity index (χ2n) is 6.05. The van der Waals surface area contributed by atoms with E-state index in [0.29, 0.717) is 17.8 Å². The van der Waals surface area contributed by atoms with Crippen LogP contribution in [0.25, 0.3) is 10.8 Å². The maximum absolute atomic E-state index is 12.5. The van der Waals surface area contributed by atoms with Crippen molar-refractivity contribution in [3.63, 3.8) is 0 Å². The van der Waals surface area contributed by atoms with E-state index in [9.17, 15) is 9.59 Å². The van der Waals surface area contributed by atoms with Crippen molar-refractivity contribution >= 4 is 28.3 Å². The fourth-order valence-electron chi connectivity index (χ4n) is 3.22. The van der Waals surface area contributed by atoms with Gasteiger partial charge < -0.3 is 15.6 Å². The number of amides is 2. The molecule has 1 aliphatic heterocycles. The summed E-state index contributed by atoms with van der Waals surface area (Å²) in [5.41, 5.74) is 1.04. The molecule has 3 rings (SSSR count). The Hall–Kier alpha value is -0.638. The van der Waals surface area contributed by atoms with Gasteiger partial charge in [0.05, 0.1) is 12.6 Å². The molecule has 1 atom stereocenters. The molecule has 6 heteroatoms. The van der Waals surface area contributed by atoms with Gasteiger partial charge in [-0.25, -0.2) is 0 Å². The molecule has 2 N–H and O–H groups in total. The van der Waals surface area contributed by atoms with E-state index >= 15 is 0 Å². The third-order valence-electron chi connectivity index (χ3n) is 4.42. The van der Waals surface area contributed by atoms with Gasteiger partial charge in [0, 0.05) is 17.8 Å². The molecular formula is C19H20CsN3O2. The van der Waals surface area contributed by atoms with Gasteiger partial charge >= 0.3 is 68.9 Å². The Kier molecular flexibility index (Phi) is 7.72. The summed E-state index contributed by atoms with van der Waals surface area (Å²) in [7, 11) is 0. The molecule has 0 unspecified atom stereocenters. The van der Waals surface area contributed by atoms with E-state index in [4.69, 9.17) is 5.41 Å². The summed E-state index contributed by atoms with van der Waals surface area (Å²) < 4.78 is 0. The summed E-state index contributed by atoms with van der Waals surface area (Å²) in [5, 5.41) is 12.2. The van der Waals surface area contributed by atoms with Crippen LogP contribution in [0.15, 0.2) is 36.4 Å². The standard InChI is InChI=1S/C19H20N3O2.Cs/c1-13(20)17-10-5-11-22(17)18(23)12-21-19(24)16-9-4-7-14-6-2-3-8-15(14)16;/h2-4,7-9,17,20H,5,10-12H2,1H3,(H,21,24);/q-1;+1/t17-;/m0./s1. The van der Waals surface area contributed by atoms with Gasteiger partial charge in [-0.3, -0.25) is 9.59 Å². The van der Waals surface area contributed by atoms with Gasteiger partial charge in [0.2, 0.25) is 11.8 Å². The van der Waals surface area contributed by atoms with Crippen LogP contribution < -0.4 is 74.2 Å². The monoisotopic (exact) mass is 455 g/mol. The van der Waals surface area contributed by atoms with Crippen LogP contribution in [-0.2, 0) is 4.79 Å². The van der Waals surface area contributed by atoms with Gasteiger partial charge in [0.1, 0.15) is 0 Å². The Morgan fingerprint density at radius 3 is 2.88 bits per heavy atom. The van der Waals surface area contributed by atoms with Crippen LogP contribution in [0.5, 0.6) is 0 Å². The second-order valence-corrected chi connectivity index (χ2v) is 6.05. The number of carbonyl (C=O) groups excluding carboxylic acids is 2. The van der Waals surface area contributed by atoms with E-state index in [1.54, 1.807) is 24.0 Å². The molecule has 1 heterocycles. The van der Waals surface area contributed by atoms with Crippen LogP contribution in [0.2, 0.25) is 0 Å². The molecule has 25 heavy (non-hydrogen) atoms. The molecule has 2 amide bonds. The van der Waals surface area contributed by atoms with E-state index < -0.39 is 0 Å². The molecular weight excluding hydrogens is 435 g/mol. The molecule has 1 saturated heterocycles. The molecule has 0 aromatic heterocycles. The van der Waals surface area contributed by atoms with Crippen molar-refractivity contribution < 1.29 is 78.5 Å². The summed E-state index contributed by atoms with van der Waals surface area (Å²) in [6.07, 6.45) is 1.73. The van der Waals surface area contributed by atoms with Crippen molar-refractivity contribution in [3.8, 4) is 0 Å². The smallest absolute Gasteiger partial charge is 0.344 e. The molecule has 124 valence electrons. The molecule has 5 nitrogen and oxygen atoms in total.